The number of carboxylic acid groups (broad SMARTS) is 3. The number of carbonyl (C=O) groups is 6. The van der Waals surface area contributed by atoms with Gasteiger partial charge in [0, 0.05) is 142 Å². The molecular formula is C75H79Br2ClF8N12O15S3. The van der Waals surface area contributed by atoms with Crippen LogP contribution in [0.1, 0.15) is 89.9 Å². The number of piperidine rings is 3. The van der Waals surface area contributed by atoms with Crippen LogP contribution in [0.4, 0.5) is 35.1 Å². The van der Waals surface area contributed by atoms with E-state index in [9.17, 15) is 63.9 Å². The van der Waals surface area contributed by atoms with Crippen molar-refractivity contribution in [2.24, 2.45) is 32.7 Å². The minimum absolute atomic E-state index is 0.0328. The van der Waals surface area contributed by atoms with Gasteiger partial charge in [0.25, 0.3) is 11.8 Å². The number of halogens is 11. The van der Waals surface area contributed by atoms with Gasteiger partial charge in [-0.1, -0.05) is 61.7 Å². The van der Waals surface area contributed by atoms with Gasteiger partial charge in [-0.2, -0.15) is 0 Å². The van der Waals surface area contributed by atoms with Crippen LogP contribution in [0.3, 0.4) is 0 Å². The maximum atomic E-state index is 14.7. The van der Waals surface area contributed by atoms with Crippen molar-refractivity contribution in [3.05, 3.63) is 186 Å². The van der Waals surface area contributed by atoms with Crippen LogP contribution in [0.25, 0.3) is 0 Å². The molecule has 116 heavy (non-hydrogen) atoms. The lowest BCUT2D eigenvalue weighted by molar-refractivity contribution is -0.145. The number of thiazole rings is 3. The van der Waals surface area contributed by atoms with E-state index in [2.05, 4.69) is 67.8 Å². The fourth-order valence-corrected chi connectivity index (χ4v) is 17.0. The number of carbonyl (C=O) groups excluding carboxylic acids is 3. The number of benzene rings is 3. The number of rotatable bonds is 30. The first kappa shape index (κ1) is 89.8. The number of ether oxygens (including phenoxy) is 6. The Morgan fingerprint density at radius 2 is 0.845 bits per heavy atom. The molecule has 12 rings (SSSR count). The largest absolute Gasteiger partial charge is 0.480 e. The molecule has 6 aromatic rings. The number of nitrogens with one attached hydrogen (secondary N) is 3. The zero-order valence-corrected chi connectivity index (χ0v) is 68.6. The third-order valence-electron chi connectivity index (χ3n) is 18.1. The van der Waals surface area contributed by atoms with Crippen molar-refractivity contribution < 1.29 is 108 Å². The molecule has 0 bridgehead atoms. The predicted octanol–water partition coefficient (Wildman–Crippen LogP) is 11.6. The summed E-state index contributed by atoms with van der Waals surface area (Å²) in [5.41, 5.74) is 2.82. The molecule has 41 heteroatoms. The second kappa shape index (κ2) is 41.7. The highest BCUT2D eigenvalue weighted by molar-refractivity contribution is 9.10. The number of aliphatic imine (C=N–C) groups is 3. The summed E-state index contributed by atoms with van der Waals surface area (Å²) in [4.78, 5) is 104. The van der Waals surface area contributed by atoms with Crippen LogP contribution in [0.2, 0.25) is 5.02 Å². The normalized spacial score (nSPS) is 21.6. The van der Waals surface area contributed by atoms with Crippen LogP contribution in [0, 0.1) is 35.2 Å². The Morgan fingerprint density at radius 1 is 0.509 bits per heavy atom. The number of amidine groups is 3. The molecule has 3 aromatic carbocycles. The molecule has 0 spiro atoms. The number of likely N-dealkylation sites (tertiary alicyclic amines) is 3. The lowest BCUT2D eigenvalue weighted by Gasteiger charge is -2.39. The number of hydrogen-bond acceptors (Lipinski definition) is 27. The van der Waals surface area contributed by atoms with E-state index in [1.807, 2.05) is 4.90 Å². The zero-order chi connectivity index (χ0) is 83.5. The molecule has 3 aromatic heterocycles. The highest BCUT2D eigenvalue weighted by Crippen LogP contribution is 2.43. The molecule has 3 saturated heterocycles. The topological polar surface area (TPSA) is 340 Å². The fraction of sp³-hybridized carbons (Fsp3) is 0.440. The number of nitrogens with zero attached hydrogens (tertiary/aromatic N) is 9. The average Bonchev–Trinajstić information content (AvgIpc) is 1.19. The minimum Gasteiger partial charge on any atom is -0.480 e. The van der Waals surface area contributed by atoms with Gasteiger partial charge in [-0.05, 0) is 80.6 Å². The highest BCUT2D eigenvalue weighted by Gasteiger charge is 2.45. The molecular weight excluding hydrogens is 1750 g/mol. The van der Waals surface area contributed by atoms with E-state index < -0.39 is 147 Å². The van der Waals surface area contributed by atoms with Gasteiger partial charge in [0.15, 0.2) is 32.5 Å². The van der Waals surface area contributed by atoms with E-state index in [1.54, 1.807) is 61.6 Å². The molecule has 624 valence electrons. The Hall–Kier alpha value is -8.55. The fourth-order valence-electron chi connectivity index (χ4n) is 13.9. The summed E-state index contributed by atoms with van der Waals surface area (Å²) in [6.45, 7) is 3.15. The zero-order valence-electron chi connectivity index (χ0n) is 62.2. The summed E-state index contributed by atoms with van der Waals surface area (Å²) in [5, 5.41) is 42.8. The van der Waals surface area contributed by atoms with Crippen molar-refractivity contribution in [1.82, 2.24) is 45.6 Å². The van der Waals surface area contributed by atoms with Crippen molar-refractivity contribution in [3.63, 3.8) is 0 Å². The van der Waals surface area contributed by atoms with Crippen LogP contribution < -0.4 is 16.0 Å². The Morgan fingerprint density at radius 3 is 1.18 bits per heavy atom. The Labute approximate surface area is 693 Å². The Kier molecular flexibility index (Phi) is 32.3. The summed E-state index contributed by atoms with van der Waals surface area (Å²) in [6.07, 6.45) is 3.00. The lowest BCUT2D eigenvalue weighted by Crippen LogP contribution is -2.50. The molecule has 0 amide bonds. The summed E-state index contributed by atoms with van der Waals surface area (Å²) in [7, 11) is 0. The van der Waals surface area contributed by atoms with Gasteiger partial charge < -0.3 is 59.7 Å². The van der Waals surface area contributed by atoms with Gasteiger partial charge in [0.1, 0.15) is 61.6 Å². The second-order valence-corrected chi connectivity index (χ2v) is 32.0. The van der Waals surface area contributed by atoms with Crippen LogP contribution in [-0.4, -0.2) is 235 Å². The van der Waals surface area contributed by atoms with E-state index >= 15 is 0 Å². The summed E-state index contributed by atoms with van der Waals surface area (Å²) in [5.74, 6) is -13.5. The van der Waals surface area contributed by atoms with Crippen molar-refractivity contribution in [3.8, 4) is 0 Å². The van der Waals surface area contributed by atoms with Crippen molar-refractivity contribution in [1.29, 1.82) is 0 Å². The standard InChI is InChI=1S/C25H26BrF3N4O5S.C25H27BrF2N4O5S.C25H26ClF3N4O5S/c1-2-38-24(36)20-18(10-33-9-14(8-25(28,29)13-33)11-37-12-19(34)35)31-22(23-30-5-6-39-23)32-21(20)16-4-3-15(27)7-17(16)26;1-2-37-25(35)21-19(11-32-9-14(7-16(28)10-32)12-36-13-20(33)34)30-23(24-29-5-6-38-24)31-22(21)17-4-3-15(27)8-18(17)26;1-2-38-24(36)20-18(10-33-9-14(8-25(28,29)13-33)11-37-12-19(34)35)31-22(23-30-5-6-39-23)32-21(20)16-4-3-15(27)7-17(16)26/h3-7,14,21H,2,8-13H2,1H3,(H,31,32)(H,34,35);3-6,8,14,16,22H,2,7,9-13H2,1H3,(H,30,31)(H,33,34);3-7,14,21H,2,8-13H2,1H3,(H,31,32)(H,34,35). The van der Waals surface area contributed by atoms with E-state index in [0.29, 0.717) is 76.1 Å². The number of hydrogen-bond donors (Lipinski definition) is 6. The summed E-state index contributed by atoms with van der Waals surface area (Å²) < 4.78 is 148. The molecule has 3 fully saturated rings. The smallest absolute Gasteiger partial charge is 0.338 e. The van der Waals surface area contributed by atoms with Gasteiger partial charge in [-0.25, -0.2) is 78.8 Å². The van der Waals surface area contributed by atoms with Gasteiger partial charge >= 0.3 is 35.8 Å². The van der Waals surface area contributed by atoms with Crippen LogP contribution in [0.15, 0.2) is 147 Å². The predicted molar refractivity (Wildman–Crippen MR) is 418 cm³/mol. The van der Waals surface area contributed by atoms with Crippen LogP contribution in [-0.2, 0) is 57.2 Å². The molecule has 0 aliphatic carbocycles. The number of aromatic nitrogens is 3. The first-order chi connectivity index (χ1) is 55.4. The second-order valence-electron chi connectivity index (χ2n) is 27.2. The van der Waals surface area contributed by atoms with Crippen molar-refractivity contribution >= 4 is 131 Å². The van der Waals surface area contributed by atoms with Gasteiger partial charge in [0.2, 0.25) is 0 Å². The van der Waals surface area contributed by atoms with E-state index in [4.69, 9.17) is 65.3 Å². The molecule has 7 atom stereocenters. The monoisotopic (exact) mass is 1830 g/mol. The summed E-state index contributed by atoms with van der Waals surface area (Å²) >= 11 is 17.1. The minimum atomic E-state index is -3.07. The molecule has 7 unspecified atom stereocenters. The first-order valence-electron chi connectivity index (χ1n) is 36.1. The molecule has 9 heterocycles. The molecule has 6 aliphatic heterocycles. The average molecular weight is 1830 g/mol. The van der Waals surface area contributed by atoms with Crippen molar-refractivity contribution in [2.75, 3.05) is 118 Å². The van der Waals surface area contributed by atoms with Crippen molar-refractivity contribution in [2.45, 2.75) is 76.2 Å². The quantitative estimate of drug-likeness (QED) is 0.0139. The molecule has 6 aliphatic rings. The summed E-state index contributed by atoms with van der Waals surface area (Å²) in [6, 6.07) is 9.08. The molecule has 0 radical (unpaired) electrons. The van der Waals surface area contributed by atoms with Gasteiger partial charge in [-0.15, -0.1) is 34.0 Å². The lowest BCUT2D eigenvalue weighted by atomic mass is 9.93. The maximum absolute atomic E-state index is 14.7. The third kappa shape index (κ3) is 25.0. The van der Waals surface area contributed by atoms with Crippen LogP contribution >= 0.6 is 77.5 Å². The highest BCUT2D eigenvalue weighted by atomic mass is 79.9. The first-order valence-corrected chi connectivity index (χ1v) is 40.7. The van der Waals surface area contributed by atoms with Gasteiger partial charge in [0.05, 0.1) is 69.5 Å². The Bertz CT molecular complexity index is 4500. The third-order valence-corrected chi connectivity index (χ3v) is 22.1. The van der Waals surface area contributed by atoms with Gasteiger partial charge in [-0.3, -0.25) is 29.7 Å². The number of aliphatic carboxylic acids is 3. The van der Waals surface area contributed by atoms with E-state index in [0.717, 1.165) is 6.07 Å². The van der Waals surface area contributed by atoms with Crippen LogP contribution in [0.5, 0.6) is 0 Å². The number of carboxylic acids is 3. The molecule has 0 saturated carbocycles. The van der Waals surface area contributed by atoms with E-state index in [-0.39, 0.29) is 119 Å². The molecule has 6 N–H and O–H groups in total. The molecule has 27 nitrogen and oxygen atoms in total. The number of esters is 3. The maximum Gasteiger partial charge on any atom is 0.338 e. The Balaban J connectivity index is 0.000000184. The SMILES string of the molecule is CCOC(=O)C1=C(CN2CC(COCC(=O)O)CC(F)(F)C2)NC(c2nccs2)=NC1c1ccc(F)cc1Br.CCOC(=O)C1=C(CN2CC(COCC(=O)O)CC(F)(F)C2)NC(c2nccs2)=NC1c1ccc(F)cc1Cl.CCOC(=O)C1=C(CN2CC(F)CC(COCC(=O)O)C2)NC(c2nccs2)=NC1c1ccc(F)cc1Br. The number of alkyl halides is 5. The van der Waals surface area contributed by atoms with E-state index in [1.165, 1.54) is 86.3 Å².